The fraction of sp³-hybridized carbons (Fsp3) is 0.588. The maximum absolute atomic E-state index is 11.1. The van der Waals surface area contributed by atoms with Crippen LogP contribution < -0.4 is 11.1 Å². The molecule has 1 unspecified atom stereocenters. The van der Waals surface area contributed by atoms with Gasteiger partial charge in [-0.1, -0.05) is 26.0 Å². The Morgan fingerprint density at radius 3 is 2.67 bits per heavy atom. The molecule has 0 fully saturated rings. The number of nitrogens with two attached hydrogens (primary N) is 1. The molecule has 0 bridgehead atoms. The standard InChI is InChI=1S/C17H27N3O/c1-3-10-20(11-4-2)14-8-9-15-13(12-14)6-5-7-16(15)19-17(18)21/h5-7,14H,3-4,8-12H2,1-2H3,(H3,18,19,21). The minimum atomic E-state index is -0.482. The molecule has 0 saturated heterocycles. The monoisotopic (exact) mass is 289 g/mol. The Bertz CT molecular complexity index is 481. The molecule has 1 aliphatic carbocycles. The van der Waals surface area contributed by atoms with Crippen molar-refractivity contribution in [1.82, 2.24) is 4.90 Å². The minimum absolute atomic E-state index is 0.482. The van der Waals surface area contributed by atoms with Crippen LogP contribution in [0.5, 0.6) is 0 Å². The van der Waals surface area contributed by atoms with Crippen molar-refractivity contribution in [3.05, 3.63) is 29.3 Å². The molecule has 0 radical (unpaired) electrons. The van der Waals surface area contributed by atoms with Crippen molar-refractivity contribution in [2.45, 2.75) is 52.0 Å². The van der Waals surface area contributed by atoms with Gasteiger partial charge in [0, 0.05) is 11.7 Å². The van der Waals surface area contributed by atoms with Gasteiger partial charge in [0.2, 0.25) is 0 Å². The lowest BCUT2D eigenvalue weighted by molar-refractivity contribution is 0.180. The molecule has 0 heterocycles. The number of hydrogen-bond donors (Lipinski definition) is 2. The Morgan fingerprint density at radius 1 is 1.33 bits per heavy atom. The number of carbonyl (C=O) groups excluding carboxylic acids is 1. The highest BCUT2D eigenvalue weighted by atomic mass is 16.2. The first-order chi connectivity index (χ1) is 10.2. The van der Waals surface area contributed by atoms with Gasteiger partial charge in [-0.2, -0.15) is 0 Å². The van der Waals surface area contributed by atoms with Gasteiger partial charge in [-0.25, -0.2) is 4.79 Å². The Kier molecular flexibility index (Phi) is 5.62. The van der Waals surface area contributed by atoms with Crippen molar-refractivity contribution < 1.29 is 4.79 Å². The van der Waals surface area contributed by atoms with E-state index in [1.165, 1.54) is 37.1 Å². The van der Waals surface area contributed by atoms with Crippen molar-refractivity contribution in [1.29, 1.82) is 0 Å². The number of rotatable bonds is 6. The third-order valence-electron chi connectivity index (χ3n) is 4.25. The summed E-state index contributed by atoms with van der Waals surface area (Å²) in [5, 5.41) is 2.75. The molecule has 2 rings (SSSR count). The lowest BCUT2D eigenvalue weighted by Gasteiger charge is -2.35. The second-order valence-corrected chi connectivity index (χ2v) is 5.87. The fourth-order valence-electron chi connectivity index (χ4n) is 3.40. The summed E-state index contributed by atoms with van der Waals surface area (Å²) in [6.45, 7) is 6.84. The lowest BCUT2D eigenvalue weighted by Crippen LogP contribution is -2.40. The minimum Gasteiger partial charge on any atom is -0.351 e. The molecule has 0 aliphatic heterocycles. The van der Waals surface area contributed by atoms with E-state index in [4.69, 9.17) is 5.73 Å². The zero-order valence-corrected chi connectivity index (χ0v) is 13.2. The number of hydrogen-bond acceptors (Lipinski definition) is 2. The summed E-state index contributed by atoms with van der Waals surface area (Å²) in [5.41, 5.74) is 8.76. The Labute approximate surface area is 127 Å². The van der Waals surface area contributed by atoms with Gasteiger partial charge in [-0.05, 0) is 62.4 Å². The highest BCUT2D eigenvalue weighted by Gasteiger charge is 2.24. The van der Waals surface area contributed by atoms with Crippen LogP contribution in [0.15, 0.2) is 18.2 Å². The number of primary amides is 1. The summed E-state index contributed by atoms with van der Waals surface area (Å²) in [4.78, 5) is 13.7. The van der Waals surface area contributed by atoms with E-state index in [1.54, 1.807) is 0 Å². The van der Waals surface area contributed by atoms with E-state index in [9.17, 15) is 4.79 Å². The number of benzene rings is 1. The van der Waals surface area contributed by atoms with Gasteiger partial charge in [0.05, 0.1) is 0 Å². The molecule has 116 valence electrons. The zero-order chi connectivity index (χ0) is 15.2. The first kappa shape index (κ1) is 15.8. The Balaban J connectivity index is 2.14. The number of anilines is 1. The molecule has 1 aromatic rings. The molecule has 0 aromatic heterocycles. The van der Waals surface area contributed by atoms with E-state index in [2.05, 4.69) is 30.1 Å². The van der Waals surface area contributed by atoms with E-state index in [0.717, 1.165) is 24.9 Å². The van der Waals surface area contributed by atoms with E-state index in [-0.39, 0.29) is 0 Å². The van der Waals surface area contributed by atoms with Crippen LogP contribution in [0.4, 0.5) is 10.5 Å². The quantitative estimate of drug-likeness (QED) is 0.845. The molecule has 1 aromatic carbocycles. The summed E-state index contributed by atoms with van der Waals surface area (Å²) < 4.78 is 0. The van der Waals surface area contributed by atoms with E-state index in [1.807, 2.05) is 12.1 Å². The van der Waals surface area contributed by atoms with Crippen molar-refractivity contribution in [2.24, 2.45) is 5.73 Å². The van der Waals surface area contributed by atoms with Gasteiger partial charge in [0.25, 0.3) is 0 Å². The molecule has 1 atom stereocenters. The predicted molar refractivity (Wildman–Crippen MR) is 87.6 cm³/mol. The average Bonchev–Trinajstić information content (AvgIpc) is 2.46. The fourth-order valence-corrected chi connectivity index (χ4v) is 3.40. The number of nitrogens with zero attached hydrogens (tertiary/aromatic N) is 1. The van der Waals surface area contributed by atoms with Crippen molar-refractivity contribution in [3.63, 3.8) is 0 Å². The first-order valence-corrected chi connectivity index (χ1v) is 8.07. The number of fused-ring (bicyclic) bond motifs is 1. The SMILES string of the molecule is CCCN(CCC)C1CCc2c(cccc2NC(N)=O)C1. The third kappa shape index (κ3) is 3.97. The maximum atomic E-state index is 11.1. The van der Waals surface area contributed by atoms with Crippen LogP contribution in [0.2, 0.25) is 0 Å². The van der Waals surface area contributed by atoms with Crippen LogP contribution in [0.3, 0.4) is 0 Å². The van der Waals surface area contributed by atoms with Crippen LogP contribution in [0, 0.1) is 0 Å². The molecule has 0 saturated carbocycles. The molecule has 0 spiro atoms. The van der Waals surface area contributed by atoms with Crippen LogP contribution in [-0.2, 0) is 12.8 Å². The van der Waals surface area contributed by atoms with E-state index in [0.29, 0.717) is 6.04 Å². The summed E-state index contributed by atoms with van der Waals surface area (Å²) in [6, 6.07) is 6.28. The largest absolute Gasteiger partial charge is 0.351 e. The topological polar surface area (TPSA) is 58.4 Å². The maximum Gasteiger partial charge on any atom is 0.316 e. The van der Waals surface area contributed by atoms with Crippen LogP contribution >= 0.6 is 0 Å². The van der Waals surface area contributed by atoms with Crippen LogP contribution in [0.25, 0.3) is 0 Å². The summed E-state index contributed by atoms with van der Waals surface area (Å²) in [5.74, 6) is 0. The number of urea groups is 1. The van der Waals surface area contributed by atoms with E-state index >= 15 is 0 Å². The molecule has 4 heteroatoms. The molecule has 2 amide bonds. The van der Waals surface area contributed by atoms with Gasteiger partial charge in [-0.15, -0.1) is 0 Å². The average molecular weight is 289 g/mol. The second kappa shape index (κ2) is 7.46. The van der Waals surface area contributed by atoms with E-state index < -0.39 is 6.03 Å². The molecular formula is C17H27N3O. The predicted octanol–water partition coefficient (Wildman–Crippen LogP) is 3.16. The Morgan fingerprint density at radius 2 is 2.05 bits per heavy atom. The number of nitrogens with one attached hydrogen (secondary N) is 1. The molecule has 4 nitrogen and oxygen atoms in total. The van der Waals surface area contributed by atoms with Gasteiger partial charge in [0.15, 0.2) is 0 Å². The number of carbonyl (C=O) groups is 1. The summed E-state index contributed by atoms with van der Waals surface area (Å²) in [6.07, 6.45) is 5.65. The van der Waals surface area contributed by atoms with Gasteiger partial charge in [-0.3, -0.25) is 0 Å². The normalized spacial score (nSPS) is 17.6. The second-order valence-electron chi connectivity index (χ2n) is 5.87. The van der Waals surface area contributed by atoms with Crippen molar-refractivity contribution >= 4 is 11.7 Å². The molecule has 21 heavy (non-hydrogen) atoms. The van der Waals surface area contributed by atoms with Gasteiger partial charge in [0.1, 0.15) is 0 Å². The van der Waals surface area contributed by atoms with Gasteiger partial charge >= 0.3 is 6.03 Å². The Hall–Kier alpha value is -1.55. The molecule has 3 N–H and O–H groups in total. The van der Waals surface area contributed by atoms with Crippen molar-refractivity contribution in [3.8, 4) is 0 Å². The summed E-state index contributed by atoms with van der Waals surface area (Å²) >= 11 is 0. The third-order valence-corrected chi connectivity index (χ3v) is 4.25. The number of amides is 2. The smallest absolute Gasteiger partial charge is 0.316 e. The summed E-state index contributed by atoms with van der Waals surface area (Å²) in [7, 11) is 0. The molecule has 1 aliphatic rings. The van der Waals surface area contributed by atoms with Crippen LogP contribution in [0.1, 0.15) is 44.2 Å². The first-order valence-electron chi connectivity index (χ1n) is 8.07. The highest BCUT2D eigenvalue weighted by molar-refractivity contribution is 5.89. The zero-order valence-electron chi connectivity index (χ0n) is 13.2. The molecular weight excluding hydrogens is 262 g/mol. The van der Waals surface area contributed by atoms with Crippen LogP contribution in [-0.4, -0.2) is 30.1 Å². The van der Waals surface area contributed by atoms with Crippen molar-refractivity contribution in [2.75, 3.05) is 18.4 Å². The highest BCUT2D eigenvalue weighted by Crippen LogP contribution is 2.30. The van der Waals surface area contributed by atoms with Gasteiger partial charge < -0.3 is 16.0 Å². The lowest BCUT2D eigenvalue weighted by atomic mass is 9.86.